The summed E-state index contributed by atoms with van der Waals surface area (Å²) in [5.41, 5.74) is 1.36. The van der Waals surface area contributed by atoms with Gasteiger partial charge in [0.05, 0.1) is 12.8 Å². The van der Waals surface area contributed by atoms with Crippen molar-refractivity contribution in [2.45, 2.75) is 13.0 Å². The maximum absolute atomic E-state index is 13.3. The quantitative estimate of drug-likeness (QED) is 0.942. The summed E-state index contributed by atoms with van der Waals surface area (Å²) in [4.78, 5) is 0. The molecule has 0 saturated heterocycles. The molecule has 1 aromatic carbocycles. The Morgan fingerprint density at radius 1 is 1.47 bits per heavy atom. The van der Waals surface area contributed by atoms with Crippen molar-refractivity contribution < 1.29 is 14.2 Å². The van der Waals surface area contributed by atoms with Gasteiger partial charge < -0.3 is 9.84 Å². The van der Waals surface area contributed by atoms with Gasteiger partial charge in [-0.1, -0.05) is 11.6 Å². The summed E-state index contributed by atoms with van der Waals surface area (Å²) >= 11 is 6.10. The van der Waals surface area contributed by atoms with Crippen LogP contribution >= 0.6 is 11.6 Å². The van der Waals surface area contributed by atoms with Crippen LogP contribution in [0.3, 0.4) is 0 Å². The standard InChI is InChI=1S/C13H14ClFN2O2/c1-7-11(13(14)17(2)16-7)12(18)9-6-8(15)4-5-10(9)19-3/h4-6,12,18H,1-3H3. The molecular formula is C13H14ClFN2O2. The largest absolute Gasteiger partial charge is 0.496 e. The minimum Gasteiger partial charge on any atom is -0.496 e. The summed E-state index contributed by atoms with van der Waals surface area (Å²) in [7, 11) is 3.13. The predicted molar refractivity (Wildman–Crippen MR) is 70.0 cm³/mol. The van der Waals surface area contributed by atoms with Crippen LogP contribution in [0.4, 0.5) is 4.39 Å². The van der Waals surface area contributed by atoms with Crippen LogP contribution in [0.2, 0.25) is 5.15 Å². The third kappa shape index (κ3) is 2.43. The summed E-state index contributed by atoms with van der Waals surface area (Å²) in [6.45, 7) is 1.73. The molecule has 0 amide bonds. The number of aliphatic hydroxyl groups excluding tert-OH is 1. The molecule has 2 aromatic rings. The third-order valence-electron chi connectivity index (χ3n) is 2.96. The number of benzene rings is 1. The van der Waals surface area contributed by atoms with Crippen LogP contribution < -0.4 is 4.74 Å². The Hall–Kier alpha value is -1.59. The van der Waals surface area contributed by atoms with Crippen LogP contribution in [0, 0.1) is 12.7 Å². The van der Waals surface area contributed by atoms with Crippen LogP contribution in [0.15, 0.2) is 18.2 Å². The number of methoxy groups -OCH3 is 1. The van der Waals surface area contributed by atoms with Gasteiger partial charge in [-0.15, -0.1) is 0 Å². The normalized spacial score (nSPS) is 12.5. The van der Waals surface area contributed by atoms with Gasteiger partial charge in [-0.2, -0.15) is 5.10 Å². The zero-order valence-corrected chi connectivity index (χ0v) is 11.6. The number of aryl methyl sites for hydroxylation is 2. The predicted octanol–water partition coefficient (Wildman–Crippen LogP) is 2.61. The van der Waals surface area contributed by atoms with Gasteiger partial charge in [0.15, 0.2) is 0 Å². The Balaban J connectivity index is 2.55. The van der Waals surface area contributed by atoms with Crippen molar-refractivity contribution in [3.63, 3.8) is 0 Å². The highest BCUT2D eigenvalue weighted by atomic mass is 35.5. The van der Waals surface area contributed by atoms with Crippen LogP contribution in [0.25, 0.3) is 0 Å². The van der Waals surface area contributed by atoms with Gasteiger partial charge in [-0.25, -0.2) is 4.39 Å². The molecular weight excluding hydrogens is 271 g/mol. The molecule has 6 heteroatoms. The van der Waals surface area contributed by atoms with Gasteiger partial charge in [0.1, 0.15) is 22.8 Å². The van der Waals surface area contributed by atoms with Gasteiger partial charge in [0, 0.05) is 18.2 Å². The number of hydrogen-bond acceptors (Lipinski definition) is 3. The molecule has 1 atom stereocenters. The molecule has 0 aliphatic rings. The first-order chi connectivity index (χ1) is 8.95. The van der Waals surface area contributed by atoms with E-state index in [0.717, 1.165) is 0 Å². The number of rotatable bonds is 3. The Kier molecular flexibility index (Phi) is 3.78. The first-order valence-corrected chi connectivity index (χ1v) is 6.04. The van der Waals surface area contributed by atoms with Crippen molar-refractivity contribution in [2.24, 2.45) is 7.05 Å². The average molecular weight is 285 g/mol. The lowest BCUT2D eigenvalue weighted by molar-refractivity contribution is 0.213. The van der Waals surface area contributed by atoms with Crippen molar-refractivity contribution in [3.8, 4) is 5.75 Å². The number of aromatic nitrogens is 2. The fourth-order valence-electron chi connectivity index (χ4n) is 2.03. The van der Waals surface area contributed by atoms with Gasteiger partial charge in [0.2, 0.25) is 0 Å². The molecule has 1 unspecified atom stereocenters. The molecule has 0 saturated carbocycles. The maximum atomic E-state index is 13.3. The lowest BCUT2D eigenvalue weighted by atomic mass is 10.0. The lowest BCUT2D eigenvalue weighted by Crippen LogP contribution is -2.04. The number of halogens is 2. The van der Waals surface area contributed by atoms with E-state index in [1.165, 1.54) is 30.0 Å². The van der Waals surface area contributed by atoms with E-state index in [1.54, 1.807) is 14.0 Å². The molecule has 0 spiro atoms. The topological polar surface area (TPSA) is 47.3 Å². The smallest absolute Gasteiger partial charge is 0.133 e. The first-order valence-electron chi connectivity index (χ1n) is 5.66. The molecule has 0 bridgehead atoms. The van der Waals surface area contributed by atoms with E-state index < -0.39 is 11.9 Å². The molecule has 102 valence electrons. The van der Waals surface area contributed by atoms with Crippen molar-refractivity contribution in [3.05, 3.63) is 46.0 Å². The highest BCUT2D eigenvalue weighted by molar-refractivity contribution is 6.30. The first kappa shape index (κ1) is 13.8. The molecule has 1 heterocycles. The average Bonchev–Trinajstić information content (AvgIpc) is 2.62. The van der Waals surface area contributed by atoms with E-state index in [4.69, 9.17) is 16.3 Å². The number of aliphatic hydroxyl groups is 1. The fourth-order valence-corrected chi connectivity index (χ4v) is 2.31. The molecule has 1 N–H and O–H groups in total. The van der Waals surface area contributed by atoms with E-state index in [9.17, 15) is 9.50 Å². The molecule has 0 aliphatic heterocycles. The fraction of sp³-hybridized carbons (Fsp3) is 0.308. The number of ether oxygens (including phenoxy) is 1. The minimum absolute atomic E-state index is 0.316. The van der Waals surface area contributed by atoms with Crippen LogP contribution in [-0.2, 0) is 7.05 Å². The van der Waals surface area contributed by atoms with Crippen molar-refractivity contribution >= 4 is 11.6 Å². The summed E-state index contributed by atoms with van der Waals surface area (Å²) in [6.07, 6.45) is -1.09. The summed E-state index contributed by atoms with van der Waals surface area (Å²) in [5.74, 6) is -0.0549. The Morgan fingerprint density at radius 2 is 2.16 bits per heavy atom. The van der Waals surface area contributed by atoms with Gasteiger partial charge in [-0.05, 0) is 25.1 Å². The van der Waals surface area contributed by atoms with Crippen LogP contribution in [0.1, 0.15) is 22.9 Å². The monoisotopic (exact) mass is 284 g/mol. The molecule has 0 radical (unpaired) electrons. The molecule has 1 aromatic heterocycles. The molecule has 4 nitrogen and oxygen atoms in total. The van der Waals surface area contributed by atoms with Gasteiger partial charge >= 0.3 is 0 Å². The van der Waals surface area contributed by atoms with E-state index in [2.05, 4.69) is 5.10 Å². The van der Waals surface area contributed by atoms with E-state index in [1.807, 2.05) is 0 Å². The molecule has 0 aliphatic carbocycles. The number of hydrogen-bond donors (Lipinski definition) is 1. The molecule has 0 fully saturated rings. The van der Waals surface area contributed by atoms with Gasteiger partial charge in [-0.3, -0.25) is 4.68 Å². The van der Waals surface area contributed by atoms with E-state index in [0.29, 0.717) is 27.7 Å². The summed E-state index contributed by atoms with van der Waals surface area (Å²) in [6, 6.07) is 3.96. The highest BCUT2D eigenvalue weighted by Gasteiger charge is 2.24. The Bertz CT molecular complexity index is 613. The van der Waals surface area contributed by atoms with E-state index >= 15 is 0 Å². The highest BCUT2D eigenvalue weighted by Crippen LogP contribution is 2.35. The van der Waals surface area contributed by atoms with Crippen LogP contribution in [0.5, 0.6) is 5.75 Å². The second-order valence-corrected chi connectivity index (χ2v) is 4.56. The van der Waals surface area contributed by atoms with Crippen LogP contribution in [-0.4, -0.2) is 22.0 Å². The maximum Gasteiger partial charge on any atom is 0.133 e. The Labute approximate surface area is 115 Å². The lowest BCUT2D eigenvalue weighted by Gasteiger charge is -2.15. The zero-order chi connectivity index (χ0) is 14.2. The van der Waals surface area contributed by atoms with Crippen molar-refractivity contribution in [1.29, 1.82) is 0 Å². The number of nitrogens with zero attached hydrogens (tertiary/aromatic N) is 2. The van der Waals surface area contributed by atoms with Crippen molar-refractivity contribution in [1.82, 2.24) is 9.78 Å². The Morgan fingerprint density at radius 3 is 2.68 bits per heavy atom. The van der Waals surface area contributed by atoms with Gasteiger partial charge in [0.25, 0.3) is 0 Å². The SMILES string of the molecule is COc1ccc(F)cc1C(O)c1c(C)nn(C)c1Cl. The van der Waals surface area contributed by atoms with Crippen molar-refractivity contribution in [2.75, 3.05) is 7.11 Å². The third-order valence-corrected chi connectivity index (χ3v) is 3.40. The zero-order valence-electron chi connectivity index (χ0n) is 10.8. The van der Waals surface area contributed by atoms with E-state index in [-0.39, 0.29) is 0 Å². The molecule has 2 rings (SSSR count). The molecule has 19 heavy (non-hydrogen) atoms. The summed E-state index contributed by atoms with van der Waals surface area (Å²) < 4.78 is 19.9. The second-order valence-electron chi connectivity index (χ2n) is 4.20. The minimum atomic E-state index is -1.09. The second kappa shape index (κ2) is 5.19. The summed E-state index contributed by atoms with van der Waals surface area (Å²) in [5, 5.41) is 14.9.